The fourth-order valence-corrected chi connectivity index (χ4v) is 5.84. The zero-order chi connectivity index (χ0) is 26.4. The maximum Gasteiger partial charge on any atom is 0.332 e. The van der Waals surface area contributed by atoms with Crippen LogP contribution in [0.3, 0.4) is 0 Å². The maximum absolute atomic E-state index is 14.0. The van der Waals surface area contributed by atoms with E-state index in [1.54, 1.807) is 17.0 Å². The number of imide groups is 1. The topological polar surface area (TPSA) is 74.9 Å². The summed E-state index contributed by atoms with van der Waals surface area (Å²) in [5, 5.41) is 1.05. The Morgan fingerprint density at radius 3 is 2.47 bits per heavy atom. The summed E-state index contributed by atoms with van der Waals surface area (Å²) in [4.78, 5) is 34.5. The molecule has 1 fully saturated rings. The van der Waals surface area contributed by atoms with Crippen molar-refractivity contribution in [1.29, 1.82) is 0 Å². The molecule has 38 heavy (non-hydrogen) atoms. The van der Waals surface area contributed by atoms with E-state index in [-0.39, 0.29) is 17.9 Å². The van der Waals surface area contributed by atoms with Crippen LogP contribution in [0.1, 0.15) is 49.9 Å². The van der Waals surface area contributed by atoms with Crippen LogP contribution < -0.4 is 14.4 Å². The van der Waals surface area contributed by atoms with Crippen molar-refractivity contribution < 1.29 is 19.1 Å². The van der Waals surface area contributed by atoms with E-state index in [9.17, 15) is 9.59 Å². The van der Waals surface area contributed by atoms with Crippen LogP contribution in [0.15, 0.2) is 72.8 Å². The summed E-state index contributed by atoms with van der Waals surface area (Å²) in [6.45, 7) is 7.35. The Kier molecular flexibility index (Phi) is 5.86. The third-order valence-electron chi connectivity index (χ3n) is 7.67. The average Bonchev–Trinajstić information content (AvgIpc) is 3.42. The van der Waals surface area contributed by atoms with Crippen LogP contribution >= 0.6 is 0 Å². The van der Waals surface area contributed by atoms with E-state index in [0.29, 0.717) is 36.9 Å². The molecule has 1 aromatic heterocycles. The van der Waals surface area contributed by atoms with Gasteiger partial charge >= 0.3 is 6.03 Å². The molecule has 0 saturated carbocycles. The number of aromatic nitrogens is 1. The minimum atomic E-state index is -1.15. The van der Waals surface area contributed by atoms with Crippen molar-refractivity contribution >= 4 is 28.5 Å². The van der Waals surface area contributed by atoms with E-state index >= 15 is 0 Å². The summed E-state index contributed by atoms with van der Waals surface area (Å²) in [5.74, 6) is 0.974. The van der Waals surface area contributed by atoms with Gasteiger partial charge in [-0.1, -0.05) is 49.4 Å². The van der Waals surface area contributed by atoms with Gasteiger partial charge in [0.2, 0.25) is 0 Å². The lowest BCUT2D eigenvalue weighted by Gasteiger charge is -2.40. The van der Waals surface area contributed by atoms with E-state index in [4.69, 9.17) is 9.47 Å². The third-order valence-corrected chi connectivity index (χ3v) is 7.67. The highest BCUT2D eigenvalue weighted by Gasteiger charge is 2.60. The van der Waals surface area contributed by atoms with Gasteiger partial charge < -0.3 is 19.4 Å². The summed E-state index contributed by atoms with van der Waals surface area (Å²) >= 11 is 0. The van der Waals surface area contributed by atoms with Crippen LogP contribution in [0.4, 0.5) is 10.5 Å². The van der Waals surface area contributed by atoms with Gasteiger partial charge in [-0.15, -0.1) is 0 Å². The smallest absolute Gasteiger partial charge is 0.332 e. The van der Waals surface area contributed by atoms with Gasteiger partial charge in [0.15, 0.2) is 17.0 Å². The minimum absolute atomic E-state index is 0.166. The summed E-state index contributed by atoms with van der Waals surface area (Å²) in [6.07, 6.45) is 0.899. The number of benzene rings is 3. The number of anilines is 1. The van der Waals surface area contributed by atoms with Gasteiger partial charge in [0, 0.05) is 23.4 Å². The Balaban J connectivity index is 1.52. The largest absolute Gasteiger partial charge is 0.490 e. The van der Waals surface area contributed by atoms with Crippen molar-refractivity contribution in [3.05, 3.63) is 89.6 Å². The molecular weight excluding hydrogens is 478 g/mol. The minimum Gasteiger partial charge on any atom is -0.490 e. The molecule has 3 heterocycles. The number of rotatable bonds is 7. The molecule has 0 bridgehead atoms. The number of amides is 3. The quantitative estimate of drug-likeness (QED) is 0.302. The fourth-order valence-electron chi connectivity index (χ4n) is 5.84. The molecule has 2 aliphatic rings. The van der Waals surface area contributed by atoms with Crippen molar-refractivity contribution in [2.75, 3.05) is 24.7 Å². The molecule has 194 valence electrons. The van der Waals surface area contributed by atoms with Crippen LogP contribution in [0.5, 0.6) is 11.5 Å². The maximum atomic E-state index is 14.0. The van der Waals surface area contributed by atoms with Crippen molar-refractivity contribution in [2.45, 2.75) is 38.6 Å². The molecule has 3 amide bonds. The number of ether oxygens (including phenoxy) is 2. The van der Waals surface area contributed by atoms with Gasteiger partial charge in [-0.05, 0) is 61.7 Å². The van der Waals surface area contributed by atoms with Gasteiger partial charge in [0.25, 0.3) is 5.91 Å². The molecule has 1 N–H and O–H groups in total. The van der Waals surface area contributed by atoms with Gasteiger partial charge in [-0.2, -0.15) is 0 Å². The first kappa shape index (κ1) is 24.1. The normalized spacial score (nSPS) is 20.6. The van der Waals surface area contributed by atoms with Gasteiger partial charge in [0.1, 0.15) is 0 Å². The van der Waals surface area contributed by atoms with E-state index in [1.807, 2.05) is 68.4 Å². The number of nitrogens with one attached hydrogen (secondary N) is 1. The van der Waals surface area contributed by atoms with Gasteiger partial charge in [-0.3, -0.25) is 4.79 Å². The summed E-state index contributed by atoms with van der Waals surface area (Å²) in [7, 11) is 0. The molecule has 0 aliphatic carbocycles. The summed E-state index contributed by atoms with van der Waals surface area (Å²) in [6, 6.07) is 22.9. The molecule has 7 nitrogen and oxygen atoms in total. The zero-order valence-corrected chi connectivity index (χ0v) is 21.9. The molecule has 0 radical (unpaired) electrons. The second-order valence-corrected chi connectivity index (χ2v) is 9.94. The van der Waals surface area contributed by atoms with Crippen molar-refractivity contribution in [1.82, 2.24) is 9.88 Å². The second-order valence-electron chi connectivity index (χ2n) is 9.94. The first-order chi connectivity index (χ1) is 18.5. The number of para-hydroxylation sites is 2. The number of carbonyl (C=O) groups is 2. The van der Waals surface area contributed by atoms with Crippen LogP contribution in [0, 0.1) is 0 Å². The predicted molar refractivity (Wildman–Crippen MR) is 147 cm³/mol. The standard InChI is InChI=1S/C31H31N3O4/c1-4-17-38-25-16-15-20(18-26(25)37-5-2)23-19-33-30(36)34(21-11-7-6-8-12-21)29(35)31(33,3)28-27(23)22-13-9-10-14-24(22)32-28/h6-16,18,23,32H,4-5,17,19H2,1-3H3/t23-,31-/m0/s1. The van der Waals surface area contributed by atoms with Gasteiger partial charge in [-0.25, -0.2) is 9.69 Å². The van der Waals surface area contributed by atoms with Crippen molar-refractivity contribution in [3.63, 3.8) is 0 Å². The lowest BCUT2D eigenvalue weighted by atomic mass is 9.78. The Morgan fingerprint density at radius 2 is 1.71 bits per heavy atom. The highest BCUT2D eigenvalue weighted by molar-refractivity contribution is 6.23. The van der Waals surface area contributed by atoms with E-state index in [1.165, 1.54) is 4.90 Å². The molecule has 6 rings (SSSR count). The van der Waals surface area contributed by atoms with E-state index < -0.39 is 5.54 Å². The number of carbonyl (C=O) groups excluding carboxylic acids is 2. The van der Waals surface area contributed by atoms with Crippen LogP contribution in [0.2, 0.25) is 0 Å². The Morgan fingerprint density at radius 1 is 0.947 bits per heavy atom. The molecule has 2 atom stereocenters. The first-order valence-corrected chi connectivity index (χ1v) is 13.2. The lowest BCUT2D eigenvalue weighted by molar-refractivity contribution is -0.125. The number of nitrogens with zero attached hydrogens (tertiary/aromatic N) is 2. The summed E-state index contributed by atoms with van der Waals surface area (Å²) < 4.78 is 11.9. The highest BCUT2D eigenvalue weighted by Crippen LogP contribution is 2.51. The number of urea groups is 1. The second kappa shape index (κ2) is 9.24. The number of aromatic amines is 1. The Bertz CT molecular complexity index is 1530. The monoisotopic (exact) mass is 509 g/mol. The number of fused-ring (bicyclic) bond motifs is 5. The van der Waals surface area contributed by atoms with E-state index in [2.05, 4.69) is 18.0 Å². The first-order valence-electron chi connectivity index (χ1n) is 13.2. The molecule has 0 spiro atoms. The number of hydrogen-bond acceptors (Lipinski definition) is 4. The lowest BCUT2D eigenvalue weighted by Crippen LogP contribution is -2.50. The molecule has 2 aliphatic heterocycles. The molecule has 4 aromatic rings. The number of H-pyrrole nitrogens is 1. The molecule has 3 aromatic carbocycles. The molecule has 7 heteroatoms. The van der Waals surface area contributed by atoms with Crippen molar-refractivity contribution in [3.8, 4) is 11.5 Å². The zero-order valence-electron chi connectivity index (χ0n) is 21.9. The molecule has 0 unspecified atom stereocenters. The Hall–Kier alpha value is -4.26. The van der Waals surface area contributed by atoms with Crippen molar-refractivity contribution in [2.24, 2.45) is 0 Å². The predicted octanol–water partition coefficient (Wildman–Crippen LogP) is 6.18. The van der Waals surface area contributed by atoms with E-state index in [0.717, 1.165) is 34.1 Å². The average molecular weight is 510 g/mol. The summed E-state index contributed by atoms with van der Waals surface area (Å²) in [5.41, 5.74) is 3.17. The van der Waals surface area contributed by atoms with Gasteiger partial charge in [0.05, 0.1) is 24.6 Å². The van der Waals surface area contributed by atoms with Crippen LogP contribution in [-0.2, 0) is 10.3 Å². The highest BCUT2D eigenvalue weighted by atomic mass is 16.5. The van der Waals surface area contributed by atoms with Crippen LogP contribution in [-0.4, -0.2) is 41.6 Å². The fraction of sp³-hybridized carbons (Fsp3) is 0.290. The third kappa shape index (κ3) is 3.49. The Labute approximate surface area is 222 Å². The number of hydrogen-bond donors (Lipinski definition) is 1. The molecular formula is C31H31N3O4. The van der Waals surface area contributed by atoms with Crippen LogP contribution in [0.25, 0.3) is 10.9 Å². The molecule has 1 saturated heterocycles. The SMILES string of the molecule is CCCOc1ccc([C@@H]2CN3C(=O)N(c4ccccc4)C(=O)[C@]3(C)c3[nH]c4ccccc4c32)cc1OCC.